The SMILES string of the molecule is CCCC(=O)N/N=C/c1c(C)[nH]n(-c2ccc(Cl)cc2)c1=O. The third-order valence-electron chi connectivity index (χ3n) is 3.06. The molecule has 0 saturated carbocycles. The largest absolute Gasteiger partial charge is 0.295 e. The van der Waals surface area contributed by atoms with Gasteiger partial charge in [0.1, 0.15) is 0 Å². The van der Waals surface area contributed by atoms with Crippen molar-refractivity contribution >= 4 is 23.7 Å². The number of aryl methyl sites for hydroxylation is 1. The molecule has 0 atom stereocenters. The molecule has 1 amide bonds. The lowest BCUT2D eigenvalue weighted by atomic mass is 10.3. The molecule has 0 unspecified atom stereocenters. The van der Waals surface area contributed by atoms with Crippen molar-refractivity contribution in [2.24, 2.45) is 5.10 Å². The lowest BCUT2D eigenvalue weighted by Crippen LogP contribution is -2.19. The van der Waals surface area contributed by atoms with E-state index in [0.29, 0.717) is 28.4 Å². The van der Waals surface area contributed by atoms with Crippen LogP contribution in [0, 0.1) is 6.92 Å². The van der Waals surface area contributed by atoms with Gasteiger partial charge in [0.2, 0.25) is 5.91 Å². The van der Waals surface area contributed by atoms with Crippen LogP contribution in [0.1, 0.15) is 31.0 Å². The number of carbonyl (C=O) groups is 1. The van der Waals surface area contributed by atoms with Crippen LogP contribution in [0.25, 0.3) is 5.69 Å². The average molecular weight is 321 g/mol. The Morgan fingerprint density at radius 2 is 2.09 bits per heavy atom. The smallest absolute Gasteiger partial charge is 0.280 e. The van der Waals surface area contributed by atoms with Gasteiger partial charge in [-0.3, -0.25) is 14.7 Å². The number of H-pyrrole nitrogens is 1. The first kappa shape index (κ1) is 16.0. The maximum absolute atomic E-state index is 12.4. The summed E-state index contributed by atoms with van der Waals surface area (Å²) in [5.41, 5.74) is 3.88. The predicted octanol–water partition coefficient (Wildman–Crippen LogP) is 2.38. The average Bonchev–Trinajstić information content (AvgIpc) is 2.76. The van der Waals surface area contributed by atoms with Crippen molar-refractivity contribution < 1.29 is 4.79 Å². The number of hydrazone groups is 1. The molecule has 0 bridgehead atoms. The summed E-state index contributed by atoms with van der Waals surface area (Å²) < 4.78 is 1.40. The first-order chi connectivity index (χ1) is 10.5. The van der Waals surface area contributed by atoms with Crippen molar-refractivity contribution in [1.82, 2.24) is 15.2 Å². The van der Waals surface area contributed by atoms with E-state index in [1.165, 1.54) is 10.9 Å². The van der Waals surface area contributed by atoms with E-state index in [9.17, 15) is 9.59 Å². The van der Waals surface area contributed by atoms with Crippen molar-refractivity contribution in [3.8, 4) is 5.69 Å². The molecular formula is C15H17ClN4O2. The standard InChI is InChI=1S/C15H17ClN4O2/c1-3-4-14(21)18-17-9-13-10(2)19-20(15(13)22)12-7-5-11(16)6-8-12/h5-9,19H,3-4H2,1-2H3,(H,18,21)/b17-9+. The normalized spacial score (nSPS) is 11.0. The van der Waals surface area contributed by atoms with Crippen LogP contribution in [-0.2, 0) is 4.79 Å². The molecule has 2 aromatic rings. The third kappa shape index (κ3) is 3.65. The number of hydrogen-bond donors (Lipinski definition) is 2. The van der Waals surface area contributed by atoms with Crippen LogP contribution in [0.15, 0.2) is 34.2 Å². The topological polar surface area (TPSA) is 79.2 Å². The van der Waals surface area contributed by atoms with E-state index in [-0.39, 0.29) is 11.5 Å². The van der Waals surface area contributed by atoms with Crippen LogP contribution < -0.4 is 11.0 Å². The van der Waals surface area contributed by atoms with E-state index >= 15 is 0 Å². The van der Waals surface area contributed by atoms with Gasteiger partial charge in [-0.25, -0.2) is 10.1 Å². The lowest BCUT2D eigenvalue weighted by molar-refractivity contribution is -0.121. The lowest BCUT2D eigenvalue weighted by Gasteiger charge is -2.00. The number of nitrogens with zero attached hydrogens (tertiary/aromatic N) is 2. The molecule has 2 rings (SSSR count). The second-order valence-electron chi connectivity index (χ2n) is 4.81. The number of amides is 1. The van der Waals surface area contributed by atoms with Crippen LogP contribution >= 0.6 is 11.6 Å². The fraction of sp³-hybridized carbons (Fsp3) is 0.267. The Bertz CT molecular complexity index is 744. The number of hydrogen-bond acceptors (Lipinski definition) is 3. The van der Waals surface area contributed by atoms with Crippen molar-refractivity contribution in [3.05, 3.63) is 50.9 Å². The quantitative estimate of drug-likeness (QED) is 0.655. The molecule has 0 aliphatic heterocycles. The Labute approximate surface area is 132 Å². The van der Waals surface area contributed by atoms with E-state index in [1.807, 2.05) is 6.92 Å². The molecule has 1 aromatic carbocycles. The highest BCUT2D eigenvalue weighted by Crippen LogP contribution is 2.12. The van der Waals surface area contributed by atoms with Gasteiger partial charge >= 0.3 is 0 Å². The Morgan fingerprint density at radius 3 is 2.73 bits per heavy atom. The van der Waals surface area contributed by atoms with E-state index in [1.54, 1.807) is 31.2 Å². The molecule has 2 N–H and O–H groups in total. The zero-order valence-electron chi connectivity index (χ0n) is 12.4. The zero-order chi connectivity index (χ0) is 16.1. The van der Waals surface area contributed by atoms with E-state index in [4.69, 9.17) is 11.6 Å². The number of nitrogens with one attached hydrogen (secondary N) is 2. The highest BCUT2D eigenvalue weighted by molar-refractivity contribution is 6.30. The number of rotatable bonds is 5. The minimum Gasteiger partial charge on any atom is -0.295 e. The summed E-state index contributed by atoms with van der Waals surface area (Å²) in [6.45, 7) is 3.67. The van der Waals surface area contributed by atoms with Crippen LogP contribution in [0.5, 0.6) is 0 Å². The van der Waals surface area contributed by atoms with Crippen molar-refractivity contribution in [2.75, 3.05) is 0 Å². The maximum atomic E-state index is 12.4. The number of benzene rings is 1. The summed E-state index contributed by atoms with van der Waals surface area (Å²) in [4.78, 5) is 23.7. The molecule has 1 heterocycles. The van der Waals surface area contributed by atoms with Gasteiger partial charge in [0.05, 0.1) is 17.5 Å². The number of aromatic nitrogens is 2. The molecule has 1 aromatic heterocycles. The van der Waals surface area contributed by atoms with Crippen molar-refractivity contribution in [1.29, 1.82) is 0 Å². The van der Waals surface area contributed by atoms with E-state index < -0.39 is 0 Å². The summed E-state index contributed by atoms with van der Waals surface area (Å²) in [6.07, 6.45) is 2.50. The van der Waals surface area contributed by atoms with Gasteiger partial charge in [-0.1, -0.05) is 18.5 Å². The first-order valence-electron chi connectivity index (χ1n) is 6.92. The van der Waals surface area contributed by atoms with Gasteiger partial charge in [0.25, 0.3) is 5.56 Å². The molecule has 22 heavy (non-hydrogen) atoms. The Kier molecular flexibility index (Phi) is 5.16. The highest BCUT2D eigenvalue weighted by Gasteiger charge is 2.10. The van der Waals surface area contributed by atoms with Crippen LogP contribution in [0.4, 0.5) is 0 Å². The maximum Gasteiger partial charge on any atom is 0.280 e. The first-order valence-corrected chi connectivity index (χ1v) is 7.30. The molecule has 0 spiro atoms. The van der Waals surface area contributed by atoms with Gasteiger partial charge in [-0.2, -0.15) is 5.10 Å². The zero-order valence-corrected chi connectivity index (χ0v) is 13.1. The van der Waals surface area contributed by atoms with Gasteiger partial charge in [-0.05, 0) is 37.6 Å². The Balaban J connectivity index is 2.24. The molecular weight excluding hydrogens is 304 g/mol. The minimum absolute atomic E-state index is 0.176. The summed E-state index contributed by atoms with van der Waals surface area (Å²) in [6, 6.07) is 6.89. The molecule has 7 heteroatoms. The van der Waals surface area contributed by atoms with E-state index in [2.05, 4.69) is 15.6 Å². The molecule has 0 fully saturated rings. The molecule has 0 aliphatic carbocycles. The van der Waals surface area contributed by atoms with Gasteiger partial charge in [0.15, 0.2) is 0 Å². The molecule has 0 saturated heterocycles. The summed E-state index contributed by atoms with van der Waals surface area (Å²) in [5, 5.41) is 7.39. The third-order valence-corrected chi connectivity index (χ3v) is 3.31. The monoisotopic (exact) mass is 320 g/mol. The number of aromatic amines is 1. The molecule has 116 valence electrons. The predicted molar refractivity (Wildman–Crippen MR) is 86.8 cm³/mol. The fourth-order valence-electron chi connectivity index (χ4n) is 1.94. The van der Waals surface area contributed by atoms with E-state index in [0.717, 1.165) is 6.42 Å². The number of carbonyl (C=O) groups excluding carboxylic acids is 1. The van der Waals surface area contributed by atoms with Crippen LogP contribution in [-0.4, -0.2) is 21.9 Å². The van der Waals surface area contributed by atoms with Gasteiger partial charge < -0.3 is 0 Å². The second kappa shape index (κ2) is 7.09. The minimum atomic E-state index is -0.242. The Morgan fingerprint density at radius 1 is 1.41 bits per heavy atom. The Hall–Kier alpha value is -2.34. The number of halogens is 1. The highest BCUT2D eigenvalue weighted by atomic mass is 35.5. The van der Waals surface area contributed by atoms with Crippen LogP contribution in [0.2, 0.25) is 5.02 Å². The second-order valence-corrected chi connectivity index (χ2v) is 5.25. The summed E-state index contributed by atoms with van der Waals surface area (Å²) in [7, 11) is 0. The molecule has 6 nitrogen and oxygen atoms in total. The van der Waals surface area contributed by atoms with Gasteiger partial charge in [0, 0.05) is 17.1 Å². The molecule has 0 aliphatic rings. The fourth-order valence-corrected chi connectivity index (χ4v) is 2.06. The summed E-state index contributed by atoms with van der Waals surface area (Å²) in [5.74, 6) is -0.176. The van der Waals surface area contributed by atoms with Crippen molar-refractivity contribution in [2.45, 2.75) is 26.7 Å². The van der Waals surface area contributed by atoms with Gasteiger partial charge in [-0.15, -0.1) is 0 Å². The molecule has 0 radical (unpaired) electrons. The van der Waals surface area contributed by atoms with Crippen LogP contribution in [0.3, 0.4) is 0 Å². The summed E-state index contributed by atoms with van der Waals surface area (Å²) >= 11 is 5.84. The van der Waals surface area contributed by atoms with Crippen molar-refractivity contribution in [3.63, 3.8) is 0 Å².